The van der Waals surface area contributed by atoms with Gasteiger partial charge in [-0.1, -0.05) is 53.2 Å². The highest BCUT2D eigenvalue weighted by Crippen LogP contribution is 2.42. The number of amidine groups is 1. The lowest BCUT2D eigenvalue weighted by Gasteiger charge is -2.24. The molecule has 0 N–H and O–H groups in total. The van der Waals surface area contributed by atoms with Gasteiger partial charge in [0.25, 0.3) is 5.91 Å². The summed E-state index contributed by atoms with van der Waals surface area (Å²) in [4.78, 5) is 18.9. The van der Waals surface area contributed by atoms with E-state index in [0.29, 0.717) is 26.6 Å². The first-order valence-electron chi connectivity index (χ1n) is 9.12. The maximum Gasteiger partial charge on any atom is 0.252 e. The Balaban J connectivity index is 1.66. The lowest BCUT2D eigenvalue weighted by Crippen LogP contribution is -2.37. The number of methoxy groups -OCH3 is 1. The van der Waals surface area contributed by atoms with Gasteiger partial charge in [-0.25, -0.2) is 8.42 Å². The van der Waals surface area contributed by atoms with Crippen molar-refractivity contribution in [2.75, 3.05) is 23.5 Å². The first-order chi connectivity index (χ1) is 14.3. The summed E-state index contributed by atoms with van der Waals surface area (Å²) in [7, 11) is -1.60. The molecular weight excluding hydrogens is 467 g/mol. The molecule has 2 aromatic rings. The highest BCUT2D eigenvalue weighted by Gasteiger charge is 2.49. The maximum atomic E-state index is 12.7. The molecule has 2 aromatic carbocycles. The second-order valence-corrected chi connectivity index (χ2v) is 11.2. The molecule has 0 saturated carbocycles. The van der Waals surface area contributed by atoms with E-state index in [0.717, 1.165) is 5.56 Å². The molecule has 2 aliphatic rings. The van der Waals surface area contributed by atoms with Crippen molar-refractivity contribution in [1.29, 1.82) is 0 Å². The molecule has 158 valence electrons. The normalized spacial score (nSPS) is 23.6. The molecule has 2 fully saturated rings. The number of carbonyl (C=O) groups is 1. The van der Waals surface area contributed by atoms with Crippen LogP contribution in [0.1, 0.15) is 5.56 Å². The largest absolute Gasteiger partial charge is 0.496 e. The molecule has 4 rings (SSSR count). The Morgan fingerprint density at radius 1 is 1.20 bits per heavy atom. The summed E-state index contributed by atoms with van der Waals surface area (Å²) in [5.74, 6) is 0.342. The third-order valence-electron chi connectivity index (χ3n) is 5.00. The van der Waals surface area contributed by atoms with Crippen molar-refractivity contribution < 1.29 is 17.9 Å². The molecule has 30 heavy (non-hydrogen) atoms. The number of halogens is 2. The number of nitrogens with zero attached hydrogens (tertiary/aromatic N) is 2. The van der Waals surface area contributed by atoms with Gasteiger partial charge >= 0.3 is 0 Å². The van der Waals surface area contributed by atoms with Crippen LogP contribution in [0.3, 0.4) is 0 Å². The molecule has 0 bridgehead atoms. The van der Waals surface area contributed by atoms with Gasteiger partial charge in [-0.2, -0.15) is 4.99 Å². The number of ether oxygens (including phenoxy) is 1. The number of fused-ring (bicyclic) bond motifs is 1. The van der Waals surface area contributed by atoms with Gasteiger partial charge in [0, 0.05) is 16.5 Å². The van der Waals surface area contributed by atoms with E-state index in [2.05, 4.69) is 4.99 Å². The van der Waals surface area contributed by atoms with Gasteiger partial charge in [0.1, 0.15) is 5.75 Å². The molecule has 0 unspecified atom stereocenters. The first kappa shape index (κ1) is 21.5. The maximum absolute atomic E-state index is 12.7. The number of sulfone groups is 1. The van der Waals surface area contributed by atoms with E-state index in [-0.39, 0.29) is 35.1 Å². The Hall–Kier alpha value is -1.74. The number of benzene rings is 2. The molecule has 2 heterocycles. The molecule has 10 heteroatoms. The molecule has 0 aliphatic carbocycles. The molecule has 0 radical (unpaired) electrons. The minimum absolute atomic E-state index is 0.00459. The van der Waals surface area contributed by atoms with Crippen molar-refractivity contribution in [2.24, 2.45) is 4.99 Å². The zero-order valence-electron chi connectivity index (χ0n) is 15.9. The van der Waals surface area contributed by atoms with Crippen LogP contribution in [0.4, 0.5) is 5.69 Å². The van der Waals surface area contributed by atoms with Crippen LogP contribution in [0.5, 0.6) is 5.75 Å². The summed E-state index contributed by atoms with van der Waals surface area (Å²) < 4.78 is 29.7. The Morgan fingerprint density at radius 3 is 2.70 bits per heavy atom. The second-order valence-electron chi connectivity index (χ2n) is 7.05. The fourth-order valence-corrected chi connectivity index (χ4v) is 7.88. The average Bonchev–Trinajstić information content (AvgIpc) is 3.15. The van der Waals surface area contributed by atoms with Crippen molar-refractivity contribution in [2.45, 2.75) is 17.7 Å². The van der Waals surface area contributed by atoms with E-state index in [9.17, 15) is 13.2 Å². The molecule has 2 aliphatic heterocycles. The van der Waals surface area contributed by atoms with Crippen LogP contribution < -0.4 is 9.64 Å². The highest BCUT2D eigenvalue weighted by atomic mass is 35.5. The fourth-order valence-electron chi connectivity index (χ4n) is 3.66. The van der Waals surface area contributed by atoms with E-state index in [1.807, 2.05) is 18.2 Å². The summed E-state index contributed by atoms with van der Waals surface area (Å²) in [6.07, 6.45) is 0.0803. The summed E-state index contributed by atoms with van der Waals surface area (Å²) in [6, 6.07) is 12.0. The van der Waals surface area contributed by atoms with Gasteiger partial charge in [-0.3, -0.25) is 4.79 Å². The number of thioether (sulfide) groups is 1. The minimum Gasteiger partial charge on any atom is -0.496 e. The quantitative estimate of drug-likeness (QED) is 0.655. The fraction of sp³-hybridized carbons (Fsp3) is 0.300. The SMILES string of the molecule is COc1ccccc1CC(=O)N=C1S[C@H]2CS(=O)(=O)C[C@H]2N1c1ccc(Cl)c(Cl)c1. The van der Waals surface area contributed by atoms with Gasteiger partial charge < -0.3 is 9.64 Å². The van der Waals surface area contributed by atoms with Crippen LogP contribution in [0.25, 0.3) is 0 Å². The van der Waals surface area contributed by atoms with E-state index < -0.39 is 9.84 Å². The van der Waals surface area contributed by atoms with Crippen LogP contribution in [0.15, 0.2) is 47.5 Å². The number of hydrogen-bond acceptors (Lipinski definition) is 5. The van der Waals surface area contributed by atoms with Crippen LogP contribution in [-0.2, 0) is 21.1 Å². The molecule has 6 nitrogen and oxygen atoms in total. The third-order valence-corrected chi connectivity index (χ3v) is 8.95. The van der Waals surface area contributed by atoms with Crippen molar-refractivity contribution in [1.82, 2.24) is 0 Å². The van der Waals surface area contributed by atoms with Crippen LogP contribution in [0, 0.1) is 0 Å². The van der Waals surface area contributed by atoms with E-state index >= 15 is 0 Å². The second kappa shape index (κ2) is 8.42. The Bertz CT molecular complexity index is 1140. The number of amides is 1. The van der Waals surface area contributed by atoms with Gasteiger partial charge in [0.2, 0.25) is 0 Å². The molecule has 2 atom stereocenters. The number of anilines is 1. The number of para-hydroxylation sites is 1. The van der Waals surface area contributed by atoms with E-state index in [1.54, 1.807) is 36.3 Å². The zero-order valence-corrected chi connectivity index (χ0v) is 19.1. The summed E-state index contributed by atoms with van der Waals surface area (Å²) >= 11 is 13.5. The molecule has 0 spiro atoms. The minimum atomic E-state index is -3.15. The predicted octanol–water partition coefficient (Wildman–Crippen LogP) is 3.85. The first-order valence-corrected chi connectivity index (χ1v) is 12.6. The van der Waals surface area contributed by atoms with E-state index in [4.69, 9.17) is 27.9 Å². The van der Waals surface area contributed by atoms with E-state index in [1.165, 1.54) is 11.8 Å². The third kappa shape index (κ3) is 4.32. The standard InChI is InChI=1S/C20H18Cl2N2O4S2/c1-28-17-5-3-2-4-12(17)8-19(25)23-20-24(13-6-7-14(21)15(22)9-13)16-10-30(26,27)11-18(16)29-20/h2-7,9,16,18H,8,10-11H2,1H3/t16-,18+/m1/s1. The molecule has 2 saturated heterocycles. The van der Waals surface area contributed by atoms with Gasteiger partial charge in [0.15, 0.2) is 15.0 Å². The average molecular weight is 485 g/mol. The Morgan fingerprint density at radius 2 is 1.97 bits per heavy atom. The van der Waals surface area contributed by atoms with Crippen LogP contribution in [-0.4, -0.2) is 49.4 Å². The lowest BCUT2D eigenvalue weighted by molar-refractivity contribution is -0.117. The number of carbonyl (C=O) groups excluding carboxylic acids is 1. The lowest BCUT2D eigenvalue weighted by atomic mass is 10.1. The Kier molecular flexibility index (Phi) is 6.03. The number of hydrogen-bond donors (Lipinski definition) is 0. The molecule has 0 aromatic heterocycles. The highest BCUT2D eigenvalue weighted by molar-refractivity contribution is 8.16. The van der Waals surface area contributed by atoms with Gasteiger partial charge in [0.05, 0.1) is 41.1 Å². The van der Waals surface area contributed by atoms with Gasteiger partial charge in [-0.15, -0.1) is 0 Å². The summed E-state index contributed by atoms with van der Waals surface area (Å²) in [5, 5.41) is 1.03. The van der Waals surface area contributed by atoms with Crippen LogP contribution >= 0.6 is 35.0 Å². The monoisotopic (exact) mass is 484 g/mol. The summed E-state index contributed by atoms with van der Waals surface area (Å²) in [5.41, 5.74) is 1.39. The summed E-state index contributed by atoms with van der Waals surface area (Å²) in [6.45, 7) is 0. The topological polar surface area (TPSA) is 76.0 Å². The van der Waals surface area contributed by atoms with Crippen molar-refractivity contribution in [3.8, 4) is 5.75 Å². The van der Waals surface area contributed by atoms with Crippen molar-refractivity contribution >= 4 is 61.6 Å². The molecular formula is C20H18Cl2N2O4S2. The number of rotatable bonds is 4. The molecule has 1 amide bonds. The predicted molar refractivity (Wildman–Crippen MR) is 122 cm³/mol. The zero-order chi connectivity index (χ0) is 21.5. The Labute approximate surface area is 189 Å². The van der Waals surface area contributed by atoms with Crippen molar-refractivity contribution in [3.05, 3.63) is 58.1 Å². The van der Waals surface area contributed by atoms with Gasteiger partial charge in [-0.05, 0) is 24.3 Å². The smallest absolute Gasteiger partial charge is 0.252 e. The van der Waals surface area contributed by atoms with Crippen LogP contribution in [0.2, 0.25) is 10.0 Å². The number of aliphatic imine (C=N–C) groups is 1. The van der Waals surface area contributed by atoms with Crippen molar-refractivity contribution in [3.63, 3.8) is 0 Å².